The second kappa shape index (κ2) is 13.8. The molecule has 10 nitrogen and oxygen atoms in total. The molecule has 2 aliphatic rings. The number of amides is 1. The normalized spacial score (nSPS) is 19.1. The van der Waals surface area contributed by atoms with Crippen molar-refractivity contribution in [2.24, 2.45) is 0 Å². The Morgan fingerprint density at radius 3 is 2.71 bits per heavy atom. The van der Waals surface area contributed by atoms with E-state index >= 15 is 0 Å². The highest BCUT2D eigenvalue weighted by molar-refractivity contribution is 6.36. The zero-order valence-corrected chi connectivity index (χ0v) is 26.3. The van der Waals surface area contributed by atoms with Crippen LogP contribution in [0.15, 0.2) is 60.7 Å². The Morgan fingerprint density at radius 1 is 1.09 bits per heavy atom. The summed E-state index contributed by atoms with van der Waals surface area (Å²) < 4.78 is 11.3. The Kier molecular flexibility index (Phi) is 9.40. The number of ether oxygens (including phenoxy) is 2. The van der Waals surface area contributed by atoms with Crippen molar-refractivity contribution >= 4 is 45.1 Å². The van der Waals surface area contributed by atoms with Crippen molar-refractivity contribution in [2.45, 2.75) is 31.3 Å². The molecule has 232 valence electrons. The maximum atomic E-state index is 13.0. The van der Waals surface area contributed by atoms with Crippen LogP contribution in [0.2, 0.25) is 5.02 Å². The molecule has 11 heteroatoms. The number of carbonyl (C=O) groups excluding carboxylic acids is 1. The summed E-state index contributed by atoms with van der Waals surface area (Å²) in [4.78, 5) is 33.8. The Labute approximate surface area is 267 Å². The number of fused-ring (bicyclic) bond motifs is 2. The highest BCUT2D eigenvalue weighted by Crippen LogP contribution is 2.35. The summed E-state index contributed by atoms with van der Waals surface area (Å²) in [7, 11) is 3.69. The summed E-state index contributed by atoms with van der Waals surface area (Å²) in [5.41, 5.74) is 2.17. The number of likely N-dealkylation sites (N-methyl/N-ethyl adjacent to an activating group) is 1. The maximum Gasteiger partial charge on any atom is 0.320 e. The van der Waals surface area contributed by atoms with Gasteiger partial charge in [-0.05, 0) is 50.0 Å². The highest BCUT2D eigenvalue weighted by Gasteiger charge is 2.32. The molecule has 2 unspecified atom stereocenters. The third-order valence-electron chi connectivity index (χ3n) is 8.64. The molecule has 45 heavy (non-hydrogen) atoms. The molecule has 0 radical (unpaired) electrons. The lowest BCUT2D eigenvalue weighted by molar-refractivity contribution is -0.128. The van der Waals surface area contributed by atoms with Gasteiger partial charge in [-0.25, -0.2) is 4.98 Å². The molecule has 4 aromatic rings. The number of carbonyl (C=O) groups is 1. The number of pyridine rings is 1. The first kappa shape index (κ1) is 30.7. The Balaban J connectivity index is 1.38. The lowest BCUT2D eigenvalue weighted by Gasteiger charge is -2.41. The number of aromatic nitrogens is 3. The number of piperazine rings is 1. The van der Waals surface area contributed by atoms with Crippen LogP contribution in [-0.4, -0.2) is 96.3 Å². The van der Waals surface area contributed by atoms with Gasteiger partial charge in [-0.2, -0.15) is 15.2 Å². The van der Waals surface area contributed by atoms with Crippen molar-refractivity contribution in [3.63, 3.8) is 0 Å². The molecule has 1 amide bonds. The first-order valence-electron chi connectivity index (χ1n) is 15.2. The number of likely N-dealkylation sites (tertiary alicyclic amines) is 1. The van der Waals surface area contributed by atoms with Crippen LogP contribution in [0.3, 0.4) is 0 Å². The molecule has 0 aliphatic carbocycles. The van der Waals surface area contributed by atoms with Gasteiger partial charge in [-0.15, -0.1) is 0 Å². The summed E-state index contributed by atoms with van der Waals surface area (Å²) >= 11 is 6.66. The topological polar surface area (TPSA) is 108 Å². The Morgan fingerprint density at radius 2 is 1.93 bits per heavy atom. The molecule has 2 aromatic heterocycles. The number of methoxy groups -OCH3 is 1. The zero-order valence-electron chi connectivity index (χ0n) is 25.5. The molecule has 2 atom stereocenters. The Bertz CT molecular complexity index is 1770. The van der Waals surface area contributed by atoms with Crippen molar-refractivity contribution in [3.8, 4) is 23.3 Å². The standard InChI is InChI=1S/C34H36ClN7O3/c1-40-17-5-9-25(40)22-45-34-38-32-27(13-14-29(37-32)26-10-3-7-23-8-4-11-28(35)31(23)26)33(39-34)41-18-19-42(24(21-41)15-16-36)30(43)12-6-20-44-2/h3-4,6-8,10-14,24-25H,5,9,15,17-22H2,1-2H3/b12-6+. The fourth-order valence-corrected chi connectivity index (χ4v) is 6.54. The summed E-state index contributed by atoms with van der Waals surface area (Å²) in [5, 5.41) is 13.0. The molecule has 2 saturated heterocycles. The van der Waals surface area contributed by atoms with Crippen molar-refractivity contribution in [1.29, 1.82) is 5.26 Å². The van der Waals surface area contributed by atoms with Gasteiger partial charge < -0.3 is 24.2 Å². The molecular weight excluding hydrogens is 590 g/mol. The first-order chi connectivity index (χ1) is 22.0. The van der Waals surface area contributed by atoms with E-state index in [2.05, 4.69) is 22.9 Å². The molecule has 0 saturated carbocycles. The lowest BCUT2D eigenvalue weighted by Crippen LogP contribution is -2.55. The van der Waals surface area contributed by atoms with Crippen LogP contribution in [0.25, 0.3) is 33.1 Å². The van der Waals surface area contributed by atoms with E-state index in [1.807, 2.05) is 48.5 Å². The van der Waals surface area contributed by atoms with Gasteiger partial charge in [0.05, 0.1) is 36.2 Å². The minimum absolute atomic E-state index is 0.135. The average molecular weight is 626 g/mol. The van der Waals surface area contributed by atoms with Crippen molar-refractivity contribution in [2.75, 3.05) is 58.5 Å². The molecule has 6 rings (SSSR count). The van der Waals surface area contributed by atoms with E-state index in [9.17, 15) is 10.1 Å². The summed E-state index contributed by atoms with van der Waals surface area (Å²) in [6, 6.07) is 18.4. The average Bonchev–Trinajstić information content (AvgIpc) is 3.47. The van der Waals surface area contributed by atoms with E-state index in [1.165, 1.54) is 6.08 Å². The predicted molar refractivity (Wildman–Crippen MR) is 175 cm³/mol. The second-order valence-corrected chi connectivity index (χ2v) is 11.9. The smallest absolute Gasteiger partial charge is 0.320 e. The summed E-state index contributed by atoms with van der Waals surface area (Å²) in [5.74, 6) is 0.541. The zero-order chi connectivity index (χ0) is 31.3. The first-order valence-corrected chi connectivity index (χ1v) is 15.6. The fraction of sp³-hybridized carbons (Fsp3) is 0.382. The number of anilines is 1. The molecule has 4 heterocycles. The van der Waals surface area contributed by atoms with E-state index < -0.39 is 0 Å². The molecule has 2 aliphatic heterocycles. The highest BCUT2D eigenvalue weighted by atomic mass is 35.5. The minimum Gasteiger partial charge on any atom is -0.462 e. The molecule has 0 bridgehead atoms. The third kappa shape index (κ3) is 6.57. The van der Waals surface area contributed by atoms with Crippen LogP contribution < -0.4 is 9.64 Å². The van der Waals surface area contributed by atoms with Crippen LogP contribution in [0.1, 0.15) is 19.3 Å². The fourth-order valence-electron chi connectivity index (χ4n) is 6.26. The van der Waals surface area contributed by atoms with E-state index in [4.69, 9.17) is 36.0 Å². The monoisotopic (exact) mass is 625 g/mol. The van der Waals surface area contributed by atoms with Crippen molar-refractivity contribution < 1.29 is 14.3 Å². The number of nitriles is 1. The van der Waals surface area contributed by atoms with Gasteiger partial charge in [0.1, 0.15) is 12.4 Å². The van der Waals surface area contributed by atoms with Crippen LogP contribution in [-0.2, 0) is 9.53 Å². The molecular formula is C34H36ClN7O3. The van der Waals surface area contributed by atoms with Crippen molar-refractivity contribution in [1.82, 2.24) is 24.8 Å². The number of halogens is 1. The third-order valence-corrected chi connectivity index (χ3v) is 8.96. The van der Waals surface area contributed by atoms with Gasteiger partial charge >= 0.3 is 6.01 Å². The van der Waals surface area contributed by atoms with E-state index in [0.717, 1.165) is 46.8 Å². The number of nitrogens with zero attached hydrogens (tertiary/aromatic N) is 7. The molecule has 0 spiro atoms. The van der Waals surface area contributed by atoms with Gasteiger partial charge in [0, 0.05) is 54.8 Å². The predicted octanol–water partition coefficient (Wildman–Crippen LogP) is 5.10. The van der Waals surface area contributed by atoms with Gasteiger partial charge in [0.2, 0.25) is 5.91 Å². The van der Waals surface area contributed by atoms with Crippen LogP contribution in [0, 0.1) is 11.3 Å². The Hall–Kier alpha value is -4.30. The van der Waals surface area contributed by atoms with Crippen LogP contribution in [0.5, 0.6) is 6.01 Å². The van der Waals surface area contributed by atoms with Crippen LogP contribution in [0.4, 0.5) is 5.82 Å². The lowest BCUT2D eigenvalue weighted by atomic mass is 10.0. The van der Waals surface area contributed by atoms with Gasteiger partial charge in [-0.3, -0.25) is 4.79 Å². The minimum atomic E-state index is -0.310. The number of hydrogen-bond donors (Lipinski definition) is 0. The van der Waals surface area contributed by atoms with E-state index in [0.29, 0.717) is 55.4 Å². The van der Waals surface area contributed by atoms with Gasteiger partial charge in [0.15, 0.2) is 5.65 Å². The number of hydrogen-bond acceptors (Lipinski definition) is 9. The summed E-state index contributed by atoms with van der Waals surface area (Å²) in [6.45, 7) is 3.28. The molecule has 0 N–H and O–H groups in total. The maximum absolute atomic E-state index is 13.0. The molecule has 2 fully saturated rings. The van der Waals surface area contributed by atoms with E-state index in [-0.39, 0.29) is 24.4 Å². The van der Waals surface area contributed by atoms with Gasteiger partial charge in [0.25, 0.3) is 0 Å². The van der Waals surface area contributed by atoms with Crippen molar-refractivity contribution in [3.05, 3.63) is 65.7 Å². The second-order valence-electron chi connectivity index (χ2n) is 11.5. The van der Waals surface area contributed by atoms with Gasteiger partial charge in [-0.1, -0.05) is 48.0 Å². The van der Waals surface area contributed by atoms with Crippen LogP contribution >= 0.6 is 11.6 Å². The molecule has 2 aromatic carbocycles. The SMILES string of the molecule is COC/C=C/C(=O)N1CCN(c2nc(OCC3CCCN3C)nc3nc(-c4cccc5cccc(Cl)c45)ccc23)CC1CC#N. The number of benzene rings is 2. The number of rotatable bonds is 9. The van der Waals surface area contributed by atoms with E-state index in [1.54, 1.807) is 18.1 Å². The largest absolute Gasteiger partial charge is 0.462 e. The summed E-state index contributed by atoms with van der Waals surface area (Å²) in [6.07, 6.45) is 5.60. The quantitative estimate of drug-likeness (QED) is 0.235.